The molecule has 110 heavy (non-hydrogen) atoms. The molecule has 0 fully saturated rings. The predicted molar refractivity (Wildman–Crippen MR) is 468 cm³/mol. The van der Waals surface area contributed by atoms with Crippen LogP contribution in [0.1, 0.15) is 31.8 Å². The Morgan fingerprint density at radius 3 is 0.927 bits per heavy atom. The van der Waals surface area contributed by atoms with Crippen molar-refractivity contribution in [3.05, 3.63) is 412 Å². The lowest BCUT2D eigenvalue weighted by Gasteiger charge is -2.46. The van der Waals surface area contributed by atoms with Crippen LogP contribution < -0.4 is 26.2 Å². The standard InChI is InChI=1S/C106H76BN3/c1-106(2,3)87-56-59-98-94(68-87)93-48-28-29-53-97(93)108(98)88-69-101-103-102(70-88)110(105-91(77-44-24-10-25-45-77)51-31-52-92(105)78-46-26-11-27-47-78)100-58-55-80(86-64-83(73-36-16-6-17-37-73)61-84(65-86)74-38-18-7-19-39-74)67-96(100)107(103)95-66-79(85-62-81(71-32-12-4-13-33-71)60-82(63-85)72-34-14-5-15-35-72)54-57-99(95)109(101)104-89(75-40-20-8-21-41-75)49-30-50-90(104)76-42-22-9-23-43-76/h4-70H,1-3H3/i28D,29D,48D,53D. The van der Waals surface area contributed by atoms with Gasteiger partial charge in [-0.15, -0.1) is 0 Å². The lowest BCUT2D eigenvalue weighted by atomic mass is 9.33. The quantitative estimate of drug-likeness (QED) is 0.107. The summed E-state index contributed by atoms with van der Waals surface area (Å²) in [5, 5.41) is 1.22. The molecule has 0 radical (unpaired) electrons. The van der Waals surface area contributed by atoms with Crippen molar-refractivity contribution in [1.82, 2.24) is 4.57 Å². The highest BCUT2D eigenvalue weighted by atomic mass is 15.2. The van der Waals surface area contributed by atoms with Crippen LogP contribution in [0.3, 0.4) is 0 Å². The molecule has 1 aromatic heterocycles. The summed E-state index contributed by atoms with van der Waals surface area (Å²) >= 11 is 0. The molecule has 0 amide bonds. The van der Waals surface area contributed by atoms with E-state index in [4.69, 9.17) is 0 Å². The maximum absolute atomic E-state index is 10.3. The minimum atomic E-state index is -0.476. The number of aromatic nitrogens is 1. The number of rotatable bonds is 13. The van der Waals surface area contributed by atoms with Crippen molar-refractivity contribution in [3.8, 4) is 117 Å². The first-order valence-electron chi connectivity index (χ1n) is 40.0. The third kappa shape index (κ3) is 11.5. The van der Waals surface area contributed by atoms with Gasteiger partial charge in [-0.1, -0.05) is 348 Å². The third-order valence-electron chi connectivity index (χ3n) is 22.4. The fourth-order valence-electron chi connectivity index (χ4n) is 17.2. The van der Waals surface area contributed by atoms with Gasteiger partial charge in [0, 0.05) is 55.8 Å². The van der Waals surface area contributed by atoms with Crippen LogP contribution in [0.4, 0.5) is 34.1 Å². The molecule has 18 aromatic rings. The van der Waals surface area contributed by atoms with E-state index in [0.29, 0.717) is 10.9 Å². The summed E-state index contributed by atoms with van der Waals surface area (Å²) in [6.07, 6.45) is 0. The third-order valence-corrected chi connectivity index (χ3v) is 22.4. The predicted octanol–water partition coefficient (Wildman–Crippen LogP) is 26.8. The Hall–Kier alpha value is -13.8. The first-order valence-corrected chi connectivity index (χ1v) is 38.0. The van der Waals surface area contributed by atoms with Gasteiger partial charge in [0.25, 0.3) is 6.71 Å². The molecule has 20 rings (SSSR count). The number of fused-ring (bicyclic) bond motifs is 7. The van der Waals surface area contributed by atoms with Crippen LogP contribution in [-0.2, 0) is 5.41 Å². The molecule has 3 nitrogen and oxygen atoms in total. The largest absolute Gasteiger partial charge is 0.310 e. The Morgan fingerprint density at radius 2 is 0.582 bits per heavy atom. The lowest BCUT2D eigenvalue weighted by Crippen LogP contribution is -2.61. The van der Waals surface area contributed by atoms with Crippen LogP contribution in [0.2, 0.25) is 0 Å². The Bertz CT molecular complexity index is 6230. The number of anilines is 6. The van der Waals surface area contributed by atoms with Crippen molar-refractivity contribution >= 4 is 79.0 Å². The highest BCUT2D eigenvalue weighted by molar-refractivity contribution is 7.00. The van der Waals surface area contributed by atoms with Gasteiger partial charge >= 0.3 is 0 Å². The summed E-state index contributed by atoms with van der Waals surface area (Å²) in [5.74, 6) is 0. The van der Waals surface area contributed by atoms with Crippen LogP contribution in [0.25, 0.3) is 139 Å². The maximum atomic E-state index is 10.3. The maximum Gasteiger partial charge on any atom is 0.252 e. The molecule has 17 aromatic carbocycles. The molecule has 0 aliphatic carbocycles. The summed E-state index contributed by atoms with van der Waals surface area (Å²) in [4.78, 5) is 5.12. The van der Waals surface area contributed by atoms with E-state index in [9.17, 15) is 5.48 Å². The van der Waals surface area contributed by atoms with E-state index >= 15 is 0 Å². The van der Waals surface area contributed by atoms with Gasteiger partial charge in [-0.25, -0.2) is 0 Å². The van der Waals surface area contributed by atoms with E-state index in [0.717, 1.165) is 184 Å². The fourth-order valence-corrected chi connectivity index (χ4v) is 17.2. The van der Waals surface area contributed by atoms with Crippen LogP contribution in [0.15, 0.2) is 406 Å². The van der Waals surface area contributed by atoms with Gasteiger partial charge in [0.15, 0.2) is 0 Å². The van der Waals surface area contributed by atoms with Crippen LogP contribution >= 0.6 is 0 Å². The van der Waals surface area contributed by atoms with Gasteiger partial charge in [-0.05, 0) is 195 Å². The second-order valence-electron chi connectivity index (χ2n) is 30.0. The highest BCUT2D eigenvalue weighted by Gasteiger charge is 2.46. The lowest BCUT2D eigenvalue weighted by molar-refractivity contribution is 0.591. The summed E-state index contributed by atoms with van der Waals surface area (Å²) in [7, 11) is 0. The van der Waals surface area contributed by atoms with Gasteiger partial charge < -0.3 is 14.4 Å². The molecule has 0 saturated heterocycles. The Morgan fingerprint density at radius 1 is 0.255 bits per heavy atom. The van der Waals surface area contributed by atoms with E-state index < -0.39 is 6.71 Å². The smallest absolute Gasteiger partial charge is 0.252 e. The van der Waals surface area contributed by atoms with Crippen molar-refractivity contribution in [2.75, 3.05) is 9.80 Å². The van der Waals surface area contributed by atoms with Gasteiger partial charge in [0.05, 0.1) is 33.6 Å². The highest BCUT2D eigenvalue weighted by Crippen LogP contribution is 2.55. The first kappa shape index (κ1) is 61.4. The molecule has 3 heterocycles. The van der Waals surface area contributed by atoms with Gasteiger partial charge in [0.1, 0.15) is 0 Å². The molecular weight excluding hydrogens is 1330 g/mol. The number of nitrogens with zero attached hydrogens (tertiary/aromatic N) is 3. The van der Waals surface area contributed by atoms with Crippen LogP contribution in [0, 0.1) is 0 Å². The molecular formula is C106H76BN3. The molecule has 0 bridgehead atoms. The summed E-state index contributed by atoms with van der Waals surface area (Å²) in [5.41, 5.74) is 33.1. The van der Waals surface area contributed by atoms with Crippen molar-refractivity contribution in [2.24, 2.45) is 0 Å². The van der Waals surface area contributed by atoms with E-state index in [2.05, 4.69) is 417 Å². The normalized spacial score (nSPS) is 12.8. The Kier molecular flexibility index (Phi) is 15.2. The van der Waals surface area contributed by atoms with Gasteiger partial charge in [0.2, 0.25) is 0 Å². The molecule has 2 aliphatic heterocycles. The van der Waals surface area contributed by atoms with Gasteiger partial charge in [-0.2, -0.15) is 0 Å². The fraction of sp³-hybridized carbons (Fsp3) is 0.0377. The summed E-state index contributed by atoms with van der Waals surface area (Å²) < 4.78 is 41.5. The monoisotopic (exact) mass is 1410 g/mol. The summed E-state index contributed by atoms with van der Waals surface area (Å²) in [6, 6.07) is 139. The average molecular weight is 1410 g/mol. The van der Waals surface area contributed by atoms with E-state index in [-0.39, 0.29) is 29.6 Å². The Balaban J connectivity index is 0.983. The molecule has 4 heteroatoms. The van der Waals surface area contributed by atoms with E-state index in [1.54, 1.807) is 0 Å². The zero-order valence-corrected chi connectivity index (χ0v) is 61.3. The average Bonchev–Trinajstić information content (AvgIpc) is 0.909. The SMILES string of the molecule is [2H]c1c([2H])c([2H])c2c(c1[2H])c1cc(C(C)(C)C)ccc1n2-c1cc2c3c(c1)N(c1c(-c4ccccc4)cccc1-c1ccccc1)c1ccc(-c4cc(-c5ccccc5)cc(-c5ccccc5)c4)cc1B3c1cc(-c3cc(-c4ccccc4)cc(-c4ccccc4)c3)ccc1N2c1c(-c2ccccc2)cccc1-c1ccccc1. The Labute approximate surface area is 649 Å². The number of hydrogen-bond donors (Lipinski definition) is 0. The van der Waals surface area contributed by atoms with Crippen LogP contribution in [-0.4, -0.2) is 11.3 Å². The molecule has 0 spiro atoms. The number of hydrogen-bond acceptors (Lipinski definition) is 2. The number of benzene rings is 17. The molecule has 0 N–H and O–H groups in total. The molecule has 518 valence electrons. The zero-order chi connectivity index (χ0) is 76.9. The van der Waals surface area contributed by atoms with Crippen molar-refractivity contribution in [3.63, 3.8) is 0 Å². The second-order valence-corrected chi connectivity index (χ2v) is 30.0. The summed E-state index contributed by atoms with van der Waals surface area (Å²) in [6.45, 7) is 6.11. The van der Waals surface area contributed by atoms with Crippen molar-refractivity contribution in [2.45, 2.75) is 26.2 Å². The minimum Gasteiger partial charge on any atom is -0.310 e. The van der Waals surface area contributed by atoms with Crippen molar-refractivity contribution < 1.29 is 5.48 Å². The molecule has 0 unspecified atom stereocenters. The first-order chi connectivity index (χ1) is 55.9. The molecule has 2 aliphatic rings. The molecule has 0 saturated carbocycles. The molecule has 0 atom stereocenters. The van der Waals surface area contributed by atoms with Gasteiger partial charge in [-0.3, -0.25) is 0 Å². The second kappa shape index (κ2) is 27.2. The minimum absolute atomic E-state index is 0.0816. The number of para-hydroxylation sites is 3. The van der Waals surface area contributed by atoms with E-state index in [1.165, 1.54) is 0 Å². The van der Waals surface area contributed by atoms with Crippen molar-refractivity contribution in [1.29, 1.82) is 0 Å². The van der Waals surface area contributed by atoms with Crippen LogP contribution in [0.5, 0.6) is 0 Å². The topological polar surface area (TPSA) is 11.4 Å². The zero-order valence-electron chi connectivity index (χ0n) is 65.3. The van der Waals surface area contributed by atoms with E-state index in [1.807, 2.05) is 0 Å².